The van der Waals surface area contributed by atoms with Crippen molar-refractivity contribution in [3.05, 3.63) is 71.0 Å². The number of benzene rings is 2. The Morgan fingerprint density at radius 2 is 1.83 bits per heavy atom. The molecule has 0 aromatic heterocycles. The van der Waals surface area contributed by atoms with Crippen LogP contribution in [-0.2, 0) is 22.7 Å². The second-order valence-corrected chi connectivity index (χ2v) is 9.44. The molecule has 0 unspecified atom stereocenters. The third-order valence-electron chi connectivity index (χ3n) is 7.15. The molecule has 0 radical (unpaired) electrons. The minimum absolute atomic E-state index is 0.115. The van der Waals surface area contributed by atoms with Crippen LogP contribution in [0.4, 0.5) is 9.18 Å². The highest BCUT2D eigenvalue weighted by atomic mass is 19.1. The fourth-order valence-corrected chi connectivity index (χ4v) is 4.97. The van der Waals surface area contributed by atoms with E-state index in [2.05, 4.69) is 18.3 Å². The van der Waals surface area contributed by atoms with Gasteiger partial charge in [0.2, 0.25) is 5.91 Å². The monoisotopic (exact) mass is 476 g/mol. The summed E-state index contributed by atoms with van der Waals surface area (Å²) in [5.74, 6) is -0.613. The summed E-state index contributed by atoms with van der Waals surface area (Å²) in [7, 11) is 0. The van der Waals surface area contributed by atoms with Gasteiger partial charge < -0.3 is 10.2 Å². The van der Waals surface area contributed by atoms with Gasteiger partial charge in [0.25, 0.3) is 5.91 Å². The lowest BCUT2D eigenvalue weighted by molar-refractivity contribution is -0.140. The van der Waals surface area contributed by atoms with E-state index in [0.717, 1.165) is 29.7 Å². The number of carbonyl (C=O) groups is 3. The molecule has 2 fully saturated rings. The van der Waals surface area contributed by atoms with E-state index in [1.165, 1.54) is 17.0 Å². The Kier molecular flexibility index (Phi) is 7.15. The molecule has 2 aromatic rings. The Morgan fingerprint density at radius 1 is 1.14 bits per heavy atom. The third kappa shape index (κ3) is 5.35. The summed E-state index contributed by atoms with van der Waals surface area (Å²) in [6.45, 7) is 2.05. The smallest absolute Gasteiger partial charge is 0.325 e. The zero-order valence-electron chi connectivity index (χ0n) is 19.8. The number of halogens is 1. The van der Waals surface area contributed by atoms with E-state index in [-0.39, 0.29) is 25.5 Å². The first-order chi connectivity index (χ1) is 16.8. The van der Waals surface area contributed by atoms with Crippen molar-refractivity contribution in [1.29, 1.82) is 5.26 Å². The van der Waals surface area contributed by atoms with Crippen molar-refractivity contribution >= 4 is 17.8 Å². The summed E-state index contributed by atoms with van der Waals surface area (Å²) < 4.78 is 13.8. The first-order valence-electron chi connectivity index (χ1n) is 12.0. The van der Waals surface area contributed by atoms with Crippen LogP contribution in [0.3, 0.4) is 0 Å². The molecule has 1 aliphatic heterocycles. The number of nitriles is 1. The summed E-state index contributed by atoms with van der Waals surface area (Å²) in [4.78, 5) is 41.9. The van der Waals surface area contributed by atoms with Gasteiger partial charge in [-0.2, -0.15) is 5.26 Å². The largest absolute Gasteiger partial charge is 0.332 e. The SMILES string of the molecule is CCC1CCC2(CC1)NC(=O)N(CC(=O)N(Cc1ccc(C#N)cc1)Cc1cccc(F)c1)C2=O. The van der Waals surface area contributed by atoms with Crippen molar-refractivity contribution in [2.45, 2.75) is 57.7 Å². The van der Waals surface area contributed by atoms with E-state index >= 15 is 0 Å². The molecule has 4 amide bonds. The Balaban J connectivity index is 1.51. The van der Waals surface area contributed by atoms with Gasteiger partial charge >= 0.3 is 6.03 Å². The van der Waals surface area contributed by atoms with Gasteiger partial charge in [-0.25, -0.2) is 9.18 Å². The number of rotatable bonds is 7. The Morgan fingerprint density at radius 3 is 2.46 bits per heavy atom. The highest BCUT2D eigenvalue weighted by Crippen LogP contribution is 2.37. The first kappa shape index (κ1) is 24.4. The van der Waals surface area contributed by atoms with E-state index in [4.69, 9.17) is 5.26 Å². The number of hydrogen-bond acceptors (Lipinski definition) is 4. The quantitative estimate of drug-likeness (QED) is 0.609. The molecule has 4 rings (SSSR count). The summed E-state index contributed by atoms with van der Waals surface area (Å²) in [6.07, 6.45) is 3.95. The predicted octanol–water partition coefficient (Wildman–Crippen LogP) is 4.12. The van der Waals surface area contributed by atoms with E-state index in [0.29, 0.717) is 29.9 Å². The van der Waals surface area contributed by atoms with Crippen molar-refractivity contribution in [2.75, 3.05) is 6.54 Å². The van der Waals surface area contributed by atoms with E-state index < -0.39 is 23.3 Å². The summed E-state index contributed by atoms with van der Waals surface area (Å²) >= 11 is 0. The Hall–Kier alpha value is -3.73. The van der Waals surface area contributed by atoms with Crippen LogP contribution in [0.25, 0.3) is 0 Å². The number of amides is 4. The molecule has 1 saturated carbocycles. The molecule has 8 heteroatoms. The predicted molar refractivity (Wildman–Crippen MR) is 127 cm³/mol. The lowest BCUT2D eigenvalue weighted by atomic mass is 9.75. The summed E-state index contributed by atoms with van der Waals surface area (Å²) in [5.41, 5.74) is 0.960. The van der Waals surface area contributed by atoms with Gasteiger partial charge in [0.05, 0.1) is 11.6 Å². The Labute approximate surface area is 204 Å². The highest BCUT2D eigenvalue weighted by molar-refractivity contribution is 6.09. The standard InChI is InChI=1S/C27H29FN4O3/c1-2-19-10-12-27(13-11-19)25(34)32(26(35)30-27)18-24(33)31(17-22-4-3-5-23(28)14-22)16-21-8-6-20(15-29)7-9-21/h3-9,14,19H,2,10-13,16-18H2,1H3,(H,30,35). The average molecular weight is 477 g/mol. The van der Waals surface area contributed by atoms with Gasteiger partial charge in [-0.1, -0.05) is 37.6 Å². The number of urea groups is 1. The Bertz CT molecular complexity index is 1150. The molecule has 1 saturated heterocycles. The zero-order chi connectivity index (χ0) is 25.0. The second-order valence-electron chi connectivity index (χ2n) is 9.44. The molecule has 2 aliphatic rings. The second kappa shape index (κ2) is 10.3. The van der Waals surface area contributed by atoms with Gasteiger partial charge in [0, 0.05) is 13.1 Å². The third-order valence-corrected chi connectivity index (χ3v) is 7.15. The highest BCUT2D eigenvalue weighted by Gasteiger charge is 2.52. The maximum absolute atomic E-state index is 13.8. The maximum Gasteiger partial charge on any atom is 0.325 e. The molecule has 7 nitrogen and oxygen atoms in total. The minimum atomic E-state index is -0.913. The topological polar surface area (TPSA) is 93.5 Å². The van der Waals surface area contributed by atoms with E-state index in [1.54, 1.807) is 36.4 Å². The molecule has 182 valence electrons. The van der Waals surface area contributed by atoms with Crippen LogP contribution in [0.2, 0.25) is 0 Å². The van der Waals surface area contributed by atoms with Crippen LogP contribution < -0.4 is 5.32 Å². The van der Waals surface area contributed by atoms with Gasteiger partial charge in [0.1, 0.15) is 17.9 Å². The normalized spacial score (nSPS) is 21.6. The molecule has 0 atom stereocenters. The van der Waals surface area contributed by atoms with Gasteiger partial charge in [-0.15, -0.1) is 0 Å². The fraction of sp³-hybridized carbons (Fsp3) is 0.407. The molecular formula is C27H29FN4O3. The molecule has 1 N–H and O–H groups in total. The number of hydrogen-bond donors (Lipinski definition) is 1. The molecule has 1 heterocycles. The van der Waals surface area contributed by atoms with E-state index in [1.807, 2.05) is 0 Å². The molecule has 1 spiro atoms. The molecule has 2 aromatic carbocycles. The fourth-order valence-electron chi connectivity index (χ4n) is 4.97. The minimum Gasteiger partial charge on any atom is -0.332 e. The van der Waals surface area contributed by atoms with Crippen LogP contribution in [0, 0.1) is 23.1 Å². The van der Waals surface area contributed by atoms with Crippen LogP contribution in [0.15, 0.2) is 48.5 Å². The van der Waals surface area contributed by atoms with Crippen molar-refractivity contribution < 1.29 is 18.8 Å². The lowest BCUT2D eigenvalue weighted by Gasteiger charge is -2.34. The lowest BCUT2D eigenvalue weighted by Crippen LogP contribution is -2.50. The number of imide groups is 1. The average Bonchev–Trinajstić information content (AvgIpc) is 3.08. The van der Waals surface area contributed by atoms with Crippen LogP contribution >= 0.6 is 0 Å². The van der Waals surface area contributed by atoms with Gasteiger partial charge in [0.15, 0.2) is 0 Å². The number of nitrogens with zero attached hydrogens (tertiary/aromatic N) is 3. The van der Waals surface area contributed by atoms with Crippen molar-refractivity contribution in [3.8, 4) is 6.07 Å². The van der Waals surface area contributed by atoms with Crippen molar-refractivity contribution in [2.24, 2.45) is 5.92 Å². The molecular weight excluding hydrogens is 447 g/mol. The zero-order valence-corrected chi connectivity index (χ0v) is 19.8. The molecule has 0 bridgehead atoms. The summed E-state index contributed by atoms with van der Waals surface area (Å²) in [6, 6.07) is 14.3. The van der Waals surface area contributed by atoms with Crippen molar-refractivity contribution in [3.63, 3.8) is 0 Å². The van der Waals surface area contributed by atoms with Crippen LogP contribution in [0.5, 0.6) is 0 Å². The number of nitrogens with one attached hydrogen (secondary N) is 1. The first-order valence-corrected chi connectivity index (χ1v) is 12.0. The van der Waals surface area contributed by atoms with Crippen LogP contribution in [0.1, 0.15) is 55.7 Å². The van der Waals surface area contributed by atoms with Crippen molar-refractivity contribution in [1.82, 2.24) is 15.1 Å². The molecule has 35 heavy (non-hydrogen) atoms. The van der Waals surface area contributed by atoms with Gasteiger partial charge in [-0.3, -0.25) is 14.5 Å². The van der Waals surface area contributed by atoms with Gasteiger partial charge in [-0.05, 0) is 67.0 Å². The van der Waals surface area contributed by atoms with Crippen LogP contribution in [-0.4, -0.2) is 39.7 Å². The maximum atomic E-state index is 13.8. The van der Waals surface area contributed by atoms with E-state index in [9.17, 15) is 18.8 Å². The number of carbonyl (C=O) groups excluding carboxylic acids is 3. The molecule has 1 aliphatic carbocycles. The summed E-state index contributed by atoms with van der Waals surface area (Å²) in [5, 5.41) is 11.9.